The first-order chi connectivity index (χ1) is 23.1. The van der Waals surface area contributed by atoms with Crippen molar-refractivity contribution >= 4 is 40.7 Å². The van der Waals surface area contributed by atoms with Gasteiger partial charge in [-0.15, -0.1) is 0 Å². The predicted octanol–water partition coefficient (Wildman–Crippen LogP) is 3.69. The van der Waals surface area contributed by atoms with Crippen molar-refractivity contribution in [3.63, 3.8) is 0 Å². The molecule has 0 aliphatic carbocycles. The number of ether oxygens (including phenoxy) is 2. The van der Waals surface area contributed by atoms with E-state index in [9.17, 15) is 34.2 Å². The molecule has 256 valence electrons. The number of fused-ring (bicyclic) bond motifs is 1. The quantitative estimate of drug-likeness (QED) is 0.214. The lowest BCUT2D eigenvalue weighted by atomic mass is 10.0. The summed E-state index contributed by atoms with van der Waals surface area (Å²) in [5.41, 5.74) is 1.27. The second-order valence-corrected chi connectivity index (χ2v) is 11.2. The van der Waals surface area contributed by atoms with Crippen LogP contribution in [-0.2, 0) is 20.9 Å². The first-order valence-corrected chi connectivity index (χ1v) is 15.9. The summed E-state index contributed by atoms with van der Waals surface area (Å²) < 4.78 is 11.3. The van der Waals surface area contributed by atoms with Crippen LogP contribution in [0.15, 0.2) is 48.5 Å². The molecular formula is C34H41N5O9. The maximum atomic E-state index is 13.3. The van der Waals surface area contributed by atoms with Crippen molar-refractivity contribution in [3.05, 3.63) is 65.4 Å². The molecule has 1 atom stereocenters. The average Bonchev–Trinajstić information content (AvgIpc) is 3.09. The number of carbonyl (C=O) groups is 5. The number of carboxylic acids is 2. The van der Waals surface area contributed by atoms with Crippen LogP contribution >= 0.6 is 0 Å². The number of carboxylic acid groups (broad SMARTS) is 2. The number of aromatic carboxylic acids is 1. The highest BCUT2D eigenvalue weighted by molar-refractivity contribution is 5.98. The lowest BCUT2D eigenvalue weighted by Gasteiger charge is -2.35. The molecule has 3 N–H and O–H groups in total. The van der Waals surface area contributed by atoms with Crippen molar-refractivity contribution < 1.29 is 43.7 Å². The number of rotatable bonds is 14. The zero-order chi connectivity index (χ0) is 34.8. The van der Waals surface area contributed by atoms with Gasteiger partial charge >= 0.3 is 18.0 Å². The Bertz CT molecular complexity index is 1650. The van der Waals surface area contributed by atoms with Crippen molar-refractivity contribution in [1.82, 2.24) is 25.0 Å². The Kier molecular flexibility index (Phi) is 12.3. The number of aliphatic carboxylic acids is 1. The second kappa shape index (κ2) is 16.5. The Morgan fingerprint density at radius 2 is 1.60 bits per heavy atom. The topological polar surface area (TPSA) is 179 Å². The van der Waals surface area contributed by atoms with Gasteiger partial charge in [-0.2, -0.15) is 0 Å². The summed E-state index contributed by atoms with van der Waals surface area (Å²) in [4.78, 5) is 71.7. The van der Waals surface area contributed by atoms with Crippen LogP contribution < -0.4 is 10.1 Å². The summed E-state index contributed by atoms with van der Waals surface area (Å²) in [6.07, 6.45) is -0.641. The van der Waals surface area contributed by atoms with Crippen LogP contribution in [0.25, 0.3) is 10.9 Å². The largest absolute Gasteiger partial charge is 0.481 e. The van der Waals surface area contributed by atoms with E-state index in [-0.39, 0.29) is 62.8 Å². The van der Waals surface area contributed by atoms with Crippen LogP contribution in [0.3, 0.4) is 0 Å². The molecule has 0 spiro atoms. The number of nitrogens with one attached hydrogen (secondary N) is 1. The van der Waals surface area contributed by atoms with Gasteiger partial charge in [-0.05, 0) is 50.7 Å². The Labute approximate surface area is 278 Å². The number of para-hydroxylation sites is 1. The summed E-state index contributed by atoms with van der Waals surface area (Å²) in [6, 6.07) is 13.2. The molecule has 1 aliphatic heterocycles. The molecule has 0 saturated carbocycles. The highest BCUT2D eigenvalue weighted by Gasteiger charge is 2.33. The molecule has 14 heteroatoms. The number of benzene rings is 2. The van der Waals surface area contributed by atoms with Crippen LogP contribution in [0.4, 0.5) is 4.79 Å². The maximum Gasteiger partial charge on any atom is 0.409 e. The molecule has 3 amide bonds. The number of pyridine rings is 1. The van der Waals surface area contributed by atoms with Gasteiger partial charge in [0.1, 0.15) is 23.1 Å². The molecule has 1 fully saturated rings. The molecule has 14 nitrogen and oxygen atoms in total. The highest BCUT2D eigenvalue weighted by Crippen LogP contribution is 2.33. The van der Waals surface area contributed by atoms with Gasteiger partial charge in [-0.3, -0.25) is 19.3 Å². The van der Waals surface area contributed by atoms with Gasteiger partial charge < -0.3 is 34.8 Å². The van der Waals surface area contributed by atoms with Gasteiger partial charge in [0, 0.05) is 56.3 Å². The van der Waals surface area contributed by atoms with Crippen molar-refractivity contribution in [2.24, 2.45) is 5.92 Å². The first-order valence-electron chi connectivity index (χ1n) is 15.9. The van der Waals surface area contributed by atoms with E-state index in [2.05, 4.69) is 15.2 Å². The van der Waals surface area contributed by atoms with Crippen molar-refractivity contribution in [3.8, 4) is 11.5 Å². The smallest absolute Gasteiger partial charge is 0.409 e. The minimum atomic E-state index is -1.39. The molecule has 0 radical (unpaired) electrons. The molecule has 2 heterocycles. The molecule has 48 heavy (non-hydrogen) atoms. The van der Waals surface area contributed by atoms with Gasteiger partial charge in [0.25, 0.3) is 5.91 Å². The van der Waals surface area contributed by atoms with Crippen molar-refractivity contribution in [2.45, 2.75) is 33.7 Å². The lowest BCUT2D eigenvalue weighted by Crippen LogP contribution is -2.53. The van der Waals surface area contributed by atoms with Gasteiger partial charge in [0.15, 0.2) is 0 Å². The molecule has 1 aromatic heterocycles. The predicted molar refractivity (Wildman–Crippen MR) is 175 cm³/mol. The van der Waals surface area contributed by atoms with Crippen LogP contribution in [-0.4, -0.2) is 112 Å². The van der Waals surface area contributed by atoms with E-state index >= 15 is 0 Å². The van der Waals surface area contributed by atoms with E-state index in [1.807, 2.05) is 13.8 Å². The fourth-order valence-electron chi connectivity index (χ4n) is 5.38. The van der Waals surface area contributed by atoms with Crippen LogP contribution in [0, 0.1) is 5.92 Å². The third-order valence-electron chi connectivity index (χ3n) is 8.17. The van der Waals surface area contributed by atoms with Crippen LogP contribution in [0.5, 0.6) is 11.5 Å². The summed E-state index contributed by atoms with van der Waals surface area (Å²) in [6.45, 7) is 8.72. The van der Waals surface area contributed by atoms with Gasteiger partial charge in [0.2, 0.25) is 5.91 Å². The average molecular weight is 664 g/mol. The number of aromatic nitrogens is 1. The summed E-state index contributed by atoms with van der Waals surface area (Å²) in [5.74, 6) is -4.40. The standard InChI is InChI=1S/C34H41N5O9/c1-4-37(5-2)21-23-12-11-22(32(42)43)19-28(23)48-29-20-27(36-26-10-8-7-9-24(26)29)30(40)35-14-13-25(33(44)45)31(41)38-15-17-39(18-16-38)34(46)47-6-3/h7-12,19-20,25H,4-6,13-18,21H2,1-3H3,(H,35,40)(H,42,43)(H,44,45). The number of piperazine rings is 1. The molecule has 2 aromatic carbocycles. The monoisotopic (exact) mass is 663 g/mol. The fourth-order valence-corrected chi connectivity index (χ4v) is 5.38. The van der Waals surface area contributed by atoms with Crippen molar-refractivity contribution in [1.29, 1.82) is 0 Å². The zero-order valence-electron chi connectivity index (χ0n) is 27.3. The third kappa shape index (κ3) is 8.76. The third-order valence-corrected chi connectivity index (χ3v) is 8.17. The molecule has 0 bridgehead atoms. The van der Waals surface area contributed by atoms with Gasteiger partial charge in [-0.25, -0.2) is 14.6 Å². The Morgan fingerprint density at radius 1 is 0.917 bits per heavy atom. The Balaban J connectivity index is 1.49. The van der Waals surface area contributed by atoms with E-state index in [0.717, 1.165) is 18.7 Å². The Morgan fingerprint density at radius 3 is 2.25 bits per heavy atom. The fraction of sp³-hybridized carbons (Fsp3) is 0.412. The highest BCUT2D eigenvalue weighted by atomic mass is 16.6. The molecule has 4 rings (SSSR count). The maximum absolute atomic E-state index is 13.3. The second-order valence-electron chi connectivity index (χ2n) is 11.2. The minimum absolute atomic E-state index is 0.00308. The minimum Gasteiger partial charge on any atom is -0.481 e. The first kappa shape index (κ1) is 35.6. The van der Waals surface area contributed by atoms with Gasteiger partial charge in [0.05, 0.1) is 17.7 Å². The lowest BCUT2D eigenvalue weighted by molar-refractivity contribution is -0.152. The van der Waals surface area contributed by atoms with E-state index in [1.165, 1.54) is 28.0 Å². The van der Waals surface area contributed by atoms with E-state index in [0.29, 0.717) is 23.2 Å². The summed E-state index contributed by atoms with van der Waals surface area (Å²) in [5, 5.41) is 22.7. The molecule has 3 aromatic rings. The zero-order valence-corrected chi connectivity index (χ0v) is 27.3. The van der Waals surface area contributed by atoms with E-state index in [4.69, 9.17) is 9.47 Å². The number of hydrogen-bond donors (Lipinski definition) is 3. The number of carbonyl (C=O) groups excluding carboxylic acids is 3. The molecule has 1 aliphatic rings. The molecular weight excluding hydrogens is 622 g/mol. The molecule has 1 unspecified atom stereocenters. The molecule has 1 saturated heterocycles. The van der Waals surface area contributed by atoms with Crippen molar-refractivity contribution in [2.75, 3.05) is 52.4 Å². The summed E-state index contributed by atoms with van der Waals surface area (Å²) in [7, 11) is 0. The number of hydrogen-bond acceptors (Lipinski definition) is 9. The number of amides is 3. The normalized spacial score (nSPS) is 13.7. The summed E-state index contributed by atoms with van der Waals surface area (Å²) >= 11 is 0. The van der Waals surface area contributed by atoms with E-state index < -0.39 is 35.8 Å². The Hall–Kier alpha value is -5.24. The SMILES string of the molecule is CCOC(=O)N1CCN(C(=O)C(CCNC(=O)c2cc(Oc3cc(C(=O)O)ccc3CN(CC)CC)c3ccccc3n2)C(=O)O)CC1. The van der Waals surface area contributed by atoms with E-state index in [1.54, 1.807) is 37.3 Å². The number of nitrogens with zero attached hydrogens (tertiary/aromatic N) is 4. The van der Waals surface area contributed by atoms with Crippen LogP contribution in [0.2, 0.25) is 0 Å². The van der Waals surface area contributed by atoms with Crippen LogP contribution in [0.1, 0.15) is 53.6 Å². The van der Waals surface area contributed by atoms with Gasteiger partial charge in [-0.1, -0.05) is 32.0 Å².